The van der Waals surface area contributed by atoms with Crippen LogP contribution in [0.4, 0.5) is 42.8 Å². The van der Waals surface area contributed by atoms with Crippen LogP contribution in [-0.2, 0) is 21.9 Å². The highest BCUT2D eigenvalue weighted by Gasteiger charge is 2.39. The van der Waals surface area contributed by atoms with E-state index in [9.17, 15) is 41.3 Å². The molecule has 1 saturated heterocycles. The van der Waals surface area contributed by atoms with Crippen LogP contribution in [0.25, 0.3) is 10.2 Å². The second-order valence-electron chi connectivity index (χ2n) is 10.5. The van der Waals surface area contributed by atoms with Gasteiger partial charge in [-0.3, -0.25) is 19.8 Å². The van der Waals surface area contributed by atoms with Gasteiger partial charge >= 0.3 is 12.4 Å². The van der Waals surface area contributed by atoms with E-state index in [2.05, 4.69) is 10.3 Å². The van der Waals surface area contributed by atoms with Crippen LogP contribution in [0.2, 0.25) is 0 Å². The zero-order chi connectivity index (χ0) is 30.9. The first-order valence-electron chi connectivity index (χ1n) is 13.5. The molecule has 2 aromatic carbocycles. The molecule has 2 aliphatic rings. The molecule has 1 aliphatic heterocycles. The summed E-state index contributed by atoms with van der Waals surface area (Å²) in [5, 5.41) is 14.6. The minimum Gasteiger partial charge on any atom is -0.382 e. The lowest BCUT2D eigenvalue weighted by molar-refractivity contribution is -0.388. The van der Waals surface area contributed by atoms with Crippen molar-refractivity contribution in [2.75, 3.05) is 36.4 Å². The van der Waals surface area contributed by atoms with Crippen molar-refractivity contribution in [1.29, 1.82) is 0 Å². The van der Waals surface area contributed by atoms with Crippen LogP contribution in [0.1, 0.15) is 36.8 Å². The quantitative estimate of drug-likeness (QED) is 0.133. The zero-order valence-corrected chi connectivity index (χ0v) is 23.3. The highest BCUT2D eigenvalue weighted by atomic mass is 32.1. The van der Waals surface area contributed by atoms with Crippen LogP contribution in [0.3, 0.4) is 0 Å². The molecule has 0 spiro atoms. The fourth-order valence-electron chi connectivity index (χ4n) is 5.39. The van der Waals surface area contributed by atoms with Crippen molar-refractivity contribution >= 4 is 44.3 Å². The Hall–Kier alpha value is -3.50. The van der Waals surface area contributed by atoms with Gasteiger partial charge in [-0.2, -0.15) is 26.3 Å². The Morgan fingerprint density at radius 3 is 2.30 bits per heavy atom. The number of nitrogens with zero attached hydrogens (tertiary/aromatic N) is 4. The first-order valence-corrected chi connectivity index (χ1v) is 14.3. The van der Waals surface area contributed by atoms with Crippen molar-refractivity contribution in [2.24, 2.45) is 0 Å². The molecule has 5 rings (SSSR count). The number of nitrogens with one attached hydrogen (secondary N) is 1. The van der Waals surface area contributed by atoms with Gasteiger partial charge in [0.05, 0.1) is 26.8 Å². The Morgan fingerprint density at radius 2 is 1.70 bits per heavy atom. The molecule has 0 radical (unpaired) electrons. The predicted octanol–water partition coefficient (Wildman–Crippen LogP) is 6.33. The maximum Gasteiger partial charge on any atom is 0.423 e. The molecule has 2 fully saturated rings. The van der Waals surface area contributed by atoms with E-state index in [1.807, 2.05) is 9.80 Å². The third-order valence-corrected chi connectivity index (χ3v) is 8.74. The fraction of sp³-hybridized carbons (Fsp3) is 0.481. The Kier molecular flexibility index (Phi) is 8.81. The van der Waals surface area contributed by atoms with Crippen LogP contribution in [-0.4, -0.2) is 65.6 Å². The molecule has 1 atom stereocenters. The molecule has 0 amide bonds. The largest absolute Gasteiger partial charge is 0.423 e. The van der Waals surface area contributed by atoms with Crippen LogP contribution >= 0.6 is 11.3 Å². The van der Waals surface area contributed by atoms with E-state index in [4.69, 9.17) is 4.74 Å². The number of ether oxygens (including phenoxy) is 1. The summed E-state index contributed by atoms with van der Waals surface area (Å²) in [6.45, 7) is 1.97. The molecular formula is C27H27F6N5O4S. The van der Waals surface area contributed by atoms with Gasteiger partial charge in [-0.1, -0.05) is 11.3 Å². The third kappa shape index (κ3) is 7.18. The normalized spacial score (nSPS) is 21.1. The van der Waals surface area contributed by atoms with Crippen molar-refractivity contribution < 1.29 is 40.8 Å². The van der Waals surface area contributed by atoms with E-state index in [0.29, 0.717) is 61.7 Å². The summed E-state index contributed by atoms with van der Waals surface area (Å²) in [4.78, 5) is 30.1. The highest BCUT2D eigenvalue weighted by Crippen LogP contribution is 2.39. The number of nitro groups is 1. The van der Waals surface area contributed by atoms with Gasteiger partial charge in [-0.25, -0.2) is 4.98 Å². The standard InChI is InChI=1S/C27H27F6N5O4S/c28-26(29,30)16-1-8-23-21(13-16)35-25(43-23)37-11-9-36(10-12-37)24(15-39)42-19-5-2-17(3-6-19)34-18-4-7-22(38(40)41)20(14-18)27(31,32)33/h1,4,7-8,13-15,17,19,24,34H,2-3,5-6,9-12H2. The zero-order valence-electron chi connectivity index (χ0n) is 22.5. The predicted molar refractivity (Wildman–Crippen MR) is 147 cm³/mol. The lowest BCUT2D eigenvalue weighted by Crippen LogP contribution is -2.52. The topological polar surface area (TPSA) is 101 Å². The molecule has 232 valence electrons. The number of anilines is 2. The Morgan fingerprint density at radius 1 is 1.00 bits per heavy atom. The molecule has 0 bridgehead atoms. The van der Waals surface area contributed by atoms with E-state index >= 15 is 0 Å². The average molecular weight is 632 g/mol. The molecule has 1 N–H and O–H groups in total. The number of hydrogen-bond acceptors (Lipinski definition) is 9. The van der Waals surface area contributed by atoms with Crippen LogP contribution < -0.4 is 10.2 Å². The second-order valence-corrected chi connectivity index (χ2v) is 11.5. The Bertz CT molecular complexity index is 1470. The minimum absolute atomic E-state index is 0.139. The highest BCUT2D eigenvalue weighted by molar-refractivity contribution is 7.22. The van der Waals surface area contributed by atoms with Gasteiger partial charge < -0.3 is 15.0 Å². The van der Waals surface area contributed by atoms with E-state index in [0.717, 1.165) is 30.6 Å². The first-order chi connectivity index (χ1) is 20.3. The minimum atomic E-state index is -4.87. The van der Waals surface area contributed by atoms with E-state index < -0.39 is 40.3 Å². The number of aromatic nitrogens is 1. The fourth-order valence-corrected chi connectivity index (χ4v) is 6.38. The Balaban J connectivity index is 1.12. The third-order valence-electron chi connectivity index (χ3n) is 7.64. The molecular weight excluding hydrogens is 604 g/mol. The summed E-state index contributed by atoms with van der Waals surface area (Å²) in [6, 6.07) is 6.18. The first kappa shape index (κ1) is 30.9. The molecule has 16 heteroatoms. The van der Waals surface area contributed by atoms with Gasteiger partial charge in [0.15, 0.2) is 17.6 Å². The van der Waals surface area contributed by atoms with Crippen molar-refractivity contribution in [3.05, 3.63) is 57.6 Å². The summed E-state index contributed by atoms with van der Waals surface area (Å²) in [5.41, 5.74) is -2.65. The van der Waals surface area contributed by atoms with E-state index in [1.165, 1.54) is 23.5 Å². The molecule has 3 aromatic rings. The monoisotopic (exact) mass is 631 g/mol. The Labute approximate surface area is 245 Å². The number of hydrogen-bond donors (Lipinski definition) is 1. The van der Waals surface area contributed by atoms with Gasteiger partial charge in [0.1, 0.15) is 5.56 Å². The van der Waals surface area contributed by atoms with Crippen molar-refractivity contribution in [1.82, 2.24) is 9.88 Å². The number of benzene rings is 2. The summed E-state index contributed by atoms with van der Waals surface area (Å²) >= 11 is 1.31. The molecule has 1 saturated carbocycles. The number of nitro benzene ring substituents is 1. The SMILES string of the molecule is O=CC(OC1CCC(Nc2ccc([N+](=O)[O-])c(C(F)(F)F)c2)CC1)N1CCN(c2nc3cc(C(F)(F)F)ccc3s2)CC1. The summed E-state index contributed by atoms with van der Waals surface area (Å²) in [6.07, 6.45) is -7.35. The molecule has 43 heavy (non-hydrogen) atoms. The number of aldehydes is 1. The molecule has 1 unspecified atom stereocenters. The van der Waals surface area contributed by atoms with E-state index in [1.54, 1.807) is 0 Å². The molecule has 1 aromatic heterocycles. The lowest BCUT2D eigenvalue weighted by atomic mass is 9.92. The number of thiazole rings is 1. The maximum absolute atomic E-state index is 13.3. The number of halogens is 6. The number of fused-ring (bicyclic) bond motifs is 1. The van der Waals surface area contributed by atoms with Crippen LogP contribution in [0.5, 0.6) is 0 Å². The van der Waals surface area contributed by atoms with Gasteiger partial charge in [0.2, 0.25) is 0 Å². The molecule has 9 nitrogen and oxygen atoms in total. The van der Waals surface area contributed by atoms with Crippen LogP contribution in [0, 0.1) is 10.1 Å². The average Bonchev–Trinajstić information content (AvgIpc) is 3.39. The van der Waals surface area contributed by atoms with Crippen molar-refractivity contribution in [2.45, 2.75) is 56.4 Å². The van der Waals surface area contributed by atoms with Crippen molar-refractivity contribution in [3.63, 3.8) is 0 Å². The summed E-state index contributed by atoms with van der Waals surface area (Å²) < 4.78 is 85.8. The second kappa shape index (κ2) is 12.2. The van der Waals surface area contributed by atoms with Crippen LogP contribution in [0.15, 0.2) is 36.4 Å². The lowest BCUT2D eigenvalue weighted by Gasteiger charge is -2.39. The van der Waals surface area contributed by atoms with Crippen molar-refractivity contribution in [3.8, 4) is 0 Å². The smallest absolute Gasteiger partial charge is 0.382 e. The number of piperazine rings is 1. The van der Waals surface area contributed by atoms with Gasteiger partial charge in [0.25, 0.3) is 5.69 Å². The number of rotatable bonds is 8. The number of carbonyl (C=O) groups excluding carboxylic acids is 1. The van der Waals surface area contributed by atoms with Gasteiger partial charge in [-0.05, 0) is 56.0 Å². The summed E-state index contributed by atoms with van der Waals surface area (Å²) in [5.74, 6) is 0. The van der Waals surface area contributed by atoms with Gasteiger partial charge in [0, 0.05) is 44.0 Å². The number of carbonyl (C=O) groups is 1. The maximum atomic E-state index is 13.3. The van der Waals surface area contributed by atoms with E-state index in [-0.39, 0.29) is 23.3 Å². The number of alkyl halides is 6. The molecule has 1 aliphatic carbocycles. The summed E-state index contributed by atoms with van der Waals surface area (Å²) in [7, 11) is 0. The molecule has 2 heterocycles. The van der Waals surface area contributed by atoms with Gasteiger partial charge in [-0.15, -0.1) is 0 Å².